The van der Waals surface area contributed by atoms with Crippen molar-refractivity contribution in [3.8, 4) is 0 Å². The first-order chi connectivity index (χ1) is 3.73. The standard InChI is InChI=1S/2CH2O.Na.H2O3S.H/c2*1-2;;1-4(2)3;/h2*1H2;;(H2,1,2,3);. The first-order valence-corrected chi connectivity index (χ1v) is 2.17. The van der Waals surface area contributed by atoms with E-state index in [4.69, 9.17) is 22.9 Å². The van der Waals surface area contributed by atoms with E-state index in [2.05, 4.69) is 0 Å². The minimum absolute atomic E-state index is 0. The van der Waals surface area contributed by atoms with Gasteiger partial charge in [0.05, 0.1) is 0 Å². The molecule has 0 unspecified atom stereocenters. The van der Waals surface area contributed by atoms with Gasteiger partial charge in [-0.3, -0.25) is 9.11 Å². The molecule has 0 saturated heterocycles. The molecule has 0 aliphatic carbocycles. The second-order valence-corrected chi connectivity index (χ2v) is 0.692. The van der Waals surface area contributed by atoms with E-state index in [1.165, 1.54) is 0 Å². The monoisotopic (exact) mass is 166 g/mol. The van der Waals surface area contributed by atoms with E-state index in [9.17, 15) is 0 Å². The summed E-state index contributed by atoms with van der Waals surface area (Å²) in [7, 11) is 0. The molecule has 9 heavy (non-hydrogen) atoms. The van der Waals surface area contributed by atoms with Gasteiger partial charge in [-0.2, -0.15) is 4.21 Å². The zero-order valence-electron chi connectivity index (χ0n) is 3.94. The Bertz CT molecular complexity index is 52.9. The van der Waals surface area contributed by atoms with Gasteiger partial charge in [-0.25, -0.2) is 0 Å². The van der Waals surface area contributed by atoms with Gasteiger partial charge in [0.1, 0.15) is 13.6 Å². The van der Waals surface area contributed by atoms with Crippen LogP contribution < -0.4 is 0 Å². The summed E-state index contributed by atoms with van der Waals surface area (Å²) in [6.07, 6.45) is 0. The quantitative estimate of drug-likeness (QED) is 0.343. The second kappa shape index (κ2) is 39.7. The molecule has 0 fully saturated rings. The first kappa shape index (κ1) is 22.7. The fourth-order valence-corrected chi connectivity index (χ4v) is 0. The van der Waals surface area contributed by atoms with Gasteiger partial charge in [-0.05, 0) is 0 Å². The van der Waals surface area contributed by atoms with Crippen LogP contribution in [0.4, 0.5) is 0 Å². The summed E-state index contributed by atoms with van der Waals surface area (Å²) in [6.45, 7) is 4.00. The Morgan fingerprint density at radius 3 is 1.00 bits per heavy atom. The summed E-state index contributed by atoms with van der Waals surface area (Å²) >= 11 is -2.61. The molecule has 0 saturated carbocycles. The van der Waals surface area contributed by atoms with Crippen LogP contribution in [0.5, 0.6) is 0 Å². The zero-order valence-corrected chi connectivity index (χ0v) is 4.76. The van der Waals surface area contributed by atoms with Crippen molar-refractivity contribution < 1.29 is 22.9 Å². The Morgan fingerprint density at radius 2 is 1.00 bits per heavy atom. The fraction of sp³-hybridized carbons (Fsp3) is 0. The van der Waals surface area contributed by atoms with E-state index in [-0.39, 0.29) is 29.6 Å². The number of hydrogen-bond acceptors (Lipinski definition) is 3. The van der Waals surface area contributed by atoms with Crippen molar-refractivity contribution >= 4 is 54.5 Å². The molecule has 52 valence electrons. The Morgan fingerprint density at radius 1 is 1.00 bits per heavy atom. The van der Waals surface area contributed by atoms with Gasteiger partial charge in [0.25, 0.3) is 11.4 Å². The van der Waals surface area contributed by atoms with Crippen LogP contribution in [0.2, 0.25) is 0 Å². The van der Waals surface area contributed by atoms with Crippen molar-refractivity contribution in [3.63, 3.8) is 0 Å². The molecular weight excluding hydrogens is 159 g/mol. The Labute approximate surface area is 77.2 Å². The number of hydrogen-bond donors (Lipinski definition) is 2. The van der Waals surface area contributed by atoms with Gasteiger partial charge in [-0.15, -0.1) is 0 Å². The molecule has 0 aliphatic rings. The second-order valence-electron chi connectivity index (χ2n) is 0.231. The van der Waals surface area contributed by atoms with Gasteiger partial charge < -0.3 is 9.59 Å². The van der Waals surface area contributed by atoms with Gasteiger partial charge >= 0.3 is 29.6 Å². The van der Waals surface area contributed by atoms with Crippen molar-refractivity contribution in [1.82, 2.24) is 0 Å². The topological polar surface area (TPSA) is 91.7 Å². The number of carbonyl (C=O) groups excluding carboxylic acids is 2. The van der Waals surface area contributed by atoms with Crippen LogP contribution in [0.1, 0.15) is 0 Å². The normalized spacial score (nSPS) is 4.78. The van der Waals surface area contributed by atoms with Crippen molar-refractivity contribution in [3.05, 3.63) is 0 Å². The molecule has 0 spiro atoms. The van der Waals surface area contributed by atoms with Crippen LogP contribution in [-0.4, -0.2) is 56.4 Å². The van der Waals surface area contributed by atoms with E-state index < -0.39 is 11.4 Å². The summed E-state index contributed by atoms with van der Waals surface area (Å²) in [4.78, 5) is 16.0. The predicted molar refractivity (Wildman–Crippen MR) is 34.8 cm³/mol. The Kier molecular flexibility index (Phi) is 100. The van der Waals surface area contributed by atoms with E-state index in [0.717, 1.165) is 0 Å². The van der Waals surface area contributed by atoms with Crippen LogP contribution >= 0.6 is 0 Å². The third kappa shape index (κ3) is 2060. The van der Waals surface area contributed by atoms with Crippen molar-refractivity contribution in [1.29, 1.82) is 0 Å². The molecule has 0 rings (SSSR count). The molecule has 2 N–H and O–H groups in total. The molecule has 0 aromatic carbocycles. The van der Waals surface area contributed by atoms with Crippen LogP contribution in [-0.2, 0) is 21.0 Å². The fourth-order valence-electron chi connectivity index (χ4n) is 0. The van der Waals surface area contributed by atoms with E-state index >= 15 is 0 Å². The zero-order chi connectivity index (χ0) is 7.58. The van der Waals surface area contributed by atoms with Gasteiger partial charge in [-0.1, -0.05) is 0 Å². The molecule has 0 radical (unpaired) electrons. The Balaban J connectivity index is -0.0000000221. The molecule has 0 atom stereocenters. The van der Waals surface area contributed by atoms with Crippen LogP contribution in [0.15, 0.2) is 0 Å². The molecule has 0 aromatic rings. The van der Waals surface area contributed by atoms with Crippen molar-refractivity contribution in [2.75, 3.05) is 0 Å². The first-order valence-electron chi connectivity index (χ1n) is 1.11. The molecule has 5 nitrogen and oxygen atoms in total. The molecular formula is C2H7NaO5S. The Hall–Kier alpha value is 0.410. The SMILES string of the molecule is C=O.C=O.O=S(O)O.[NaH]. The average molecular weight is 166 g/mol. The van der Waals surface area contributed by atoms with Crippen LogP contribution in [0.3, 0.4) is 0 Å². The van der Waals surface area contributed by atoms with E-state index in [1.54, 1.807) is 0 Å². The predicted octanol–water partition coefficient (Wildman–Crippen LogP) is -1.34. The summed E-state index contributed by atoms with van der Waals surface area (Å²) in [5.41, 5.74) is 0. The summed E-state index contributed by atoms with van der Waals surface area (Å²) in [5.74, 6) is 0. The van der Waals surface area contributed by atoms with E-state index in [1.807, 2.05) is 13.6 Å². The molecule has 0 aliphatic heterocycles. The third-order valence-corrected chi connectivity index (χ3v) is 0. The summed E-state index contributed by atoms with van der Waals surface area (Å²) in [6, 6.07) is 0. The molecule has 0 aromatic heterocycles. The third-order valence-electron chi connectivity index (χ3n) is 0. The summed E-state index contributed by atoms with van der Waals surface area (Å²) < 4.78 is 22.8. The number of rotatable bonds is 0. The van der Waals surface area contributed by atoms with E-state index in [0.29, 0.717) is 0 Å². The molecule has 0 amide bonds. The van der Waals surface area contributed by atoms with Crippen LogP contribution in [0.25, 0.3) is 0 Å². The van der Waals surface area contributed by atoms with Gasteiger partial charge in [0, 0.05) is 0 Å². The maximum absolute atomic E-state index is 8.67. The van der Waals surface area contributed by atoms with Crippen molar-refractivity contribution in [2.45, 2.75) is 0 Å². The van der Waals surface area contributed by atoms with Gasteiger partial charge in [0.2, 0.25) is 0 Å². The maximum atomic E-state index is 8.67. The average Bonchev–Trinajstić information content (AvgIpc) is 1.75. The molecule has 0 heterocycles. The van der Waals surface area contributed by atoms with Gasteiger partial charge in [0.15, 0.2) is 0 Å². The number of carbonyl (C=O) groups is 2. The summed E-state index contributed by atoms with van der Waals surface area (Å²) in [5, 5.41) is 0. The molecule has 7 heteroatoms. The molecule has 0 bridgehead atoms. The van der Waals surface area contributed by atoms with Crippen molar-refractivity contribution in [2.24, 2.45) is 0 Å². The van der Waals surface area contributed by atoms with Crippen LogP contribution in [0, 0.1) is 0 Å². The minimum atomic E-state index is -2.61.